The van der Waals surface area contributed by atoms with Crippen LogP contribution in [0, 0.1) is 6.92 Å². The molecule has 1 aromatic carbocycles. The average Bonchev–Trinajstić information content (AvgIpc) is 3.10. The Bertz CT molecular complexity index is 878. The number of aliphatic carboxylic acids is 1. The van der Waals surface area contributed by atoms with Gasteiger partial charge in [0.15, 0.2) is 6.04 Å². The summed E-state index contributed by atoms with van der Waals surface area (Å²) in [5.74, 6) is -0.175. The molecule has 2 aromatic heterocycles. The fraction of sp³-hybridized carbons (Fsp3) is 0.250. The lowest BCUT2D eigenvalue weighted by Gasteiger charge is -2.18. The van der Waals surface area contributed by atoms with E-state index in [9.17, 15) is 9.90 Å². The van der Waals surface area contributed by atoms with E-state index in [0.29, 0.717) is 12.2 Å². The van der Waals surface area contributed by atoms with E-state index >= 15 is 0 Å². The van der Waals surface area contributed by atoms with E-state index in [1.54, 1.807) is 0 Å². The third-order valence-corrected chi connectivity index (χ3v) is 4.23. The molecule has 22 heavy (non-hydrogen) atoms. The Balaban J connectivity index is 1.87. The molecule has 1 atom stereocenters. The van der Waals surface area contributed by atoms with Crippen LogP contribution in [0.25, 0.3) is 22.3 Å². The van der Waals surface area contributed by atoms with Crippen LogP contribution < -0.4 is 5.32 Å². The van der Waals surface area contributed by atoms with Crippen LogP contribution in [0.4, 0.5) is 0 Å². The van der Waals surface area contributed by atoms with Gasteiger partial charge in [-0.3, -0.25) is 10.1 Å². The van der Waals surface area contributed by atoms with Crippen molar-refractivity contribution in [1.29, 1.82) is 0 Å². The highest BCUT2D eigenvalue weighted by atomic mass is 16.4. The number of nitrogens with zero attached hydrogens (tertiary/aromatic N) is 1. The average molecular weight is 296 g/mol. The lowest BCUT2D eigenvalue weighted by Crippen LogP contribution is -2.35. The van der Waals surface area contributed by atoms with Crippen molar-refractivity contribution in [1.82, 2.24) is 20.3 Å². The molecule has 6 nitrogen and oxygen atoms in total. The summed E-state index contributed by atoms with van der Waals surface area (Å²) in [5.41, 5.74) is 4.72. The van der Waals surface area contributed by atoms with Gasteiger partial charge in [0.2, 0.25) is 0 Å². The van der Waals surface area contributed by atoms with Gasteiger partial charge in [-0.2, -0.15) is 0 Å². The van der Waals surface area contributed by atoms with Gasteiger partial charge in [-0.05, 0) is 12.5 Å². The van der Waals surface area contributed by atoms with E-state index < -0.39 is 12.0 Å². The van der Waals surface area contributed by atoms with Crippen LogP contribution in [0.1, 0.15) is 23.0 Å². The summed E-state index contributed by atoms with van der Waals surface area (Å²) in [6.45, 7) is 2.69. The molecule has 3 aromatic rings. The first-order valence-electron chi connectivity index (χ1n) is 7.27. The second-order valence-corrected chi connectivity index (χ2v) is 5.62. The Morgan fingerprint density at radius 2 is 2.27 bits per heavy atom. The maximum atomic E-state index is 11.3. The van der Waals surface area contributed by atoms with Crippen LogP contribution in [0.5, 0.6) is 0 Å². The summed E-state index contributed by atoms with van der Waals surface area (Å²) in [6.07, 6.45) is 2.68. The molecule has 0 unspecified atom stereocenters. The van der Waals surface area contributed by atoms with Crippen LogP contribution in [0.15, 0.2) is 24.4 Å². The Labute approximate surface area is 126 Å². The van der Waals surface area contributed by atoms with Crippen molar-refractivity contribution in [3.05, 3.63) is 41.3 Å². The van der Waals surface area contributed by atoms with Crippen LogP contribution >= 0.6 is 0 Å². The molecule has 0 saturated heterocycles. The van der Waals surface area contributed by atoms with Crippen LogP contribution in [0.2, 0.25) is 0 Å². The van der Waals surface area contributed by atoms with Crippen LogP contribution in [0.3, 0.4) is 0 Å². The SMILES string of the molecule is Cc1cccc2c(-c3nc4c([nH]3)CCN[C@@H]4C(=O)O)c[nH]c12. The maximum Gasteiger partial charge on any atom is 0.327 e. The zero-order valence-electron chi connectivity index (χ0n) is 12.1. The van der Waals surface area contributed by atoms with Crippen molar-refractivity contribution in [3.63, 3.8) is 0 Å². The lowest BCUT2D eigenvalue weighted by molar-refractivity contribution is -0.139. The topological polar surface area (TPSA) is 93.8 Å². The highest BCUT2D eigenvalue weighted by Gasteiger charge is 2.29. The minimum absolute atomic E-state index is 0.593. The van der Waals surface area contributed by atoms with E-state index in [2.05, 4.69) is 33.3 Å². The first-order chi connectivity index (χ1) is 10.6. The summed E-state index contributed by atoms with van der Waals surface area (Å²) in [5, 5.41) is 13.4. The molecule has 4 rings (SSSR count). The number of nitrogens with one attached hydrogen (secondary N) is 3. The first kappa shape index (κ1) is 13.1. The standard InChI is InChI=1S/C16H16N4O2/c1-8-3-2-4-9-10(7-18-12(8)9)15-19-11-5-6-17-14(16(21)22)13(11)20-15/h2-4,7,14,17-18H,5-6H2,1H3,(H,19,20)(H,21,22)/t14-/m0/s1. The molecule has 0 fully saturated rings. The number of aromatic amines is 2. The third-order valence-electron chi connectivity index (χ3n) is 4.23. The van der Waals surface area contributed by atoms with Crippen molar-refractivity contribution in [2.45, 2.75) is 19.4 Å². The lowest BCUT2D eigenvalue weighted by atomic mass is 10.1. The molecule has 0 spiro atoms. The van der Waals surface area contributed by atoms with Gasteiger partial charge in [-0.15, -0.1) is 0 Å². The fourth-order valence-corrected chi connectivity index (χ4v) is 3.12. The van der Waals surface area contributed by atoms with Gasteiger partial charge in [-0.1, -0.05) is 18.2 Å². The second kappa shape index (κ2) is 4.71. The molecular formula is C16H16N4O2. The quantitative estimate of drug-likeness (QED) is 0.583. The fourth-order valence-electron chi connectivity index (χ4n) is 3.12. The zero-order valence-corrected chi connectivity index (χ0v) is 12.1. The van der Waals surface area contributed by atoms with Gasteiger partial charge < -0.3 is 15.1 Å². The van der Waals surface area contributed by atoms with Crippen molar-refractivity contribution in [2.24, 2.45) is 0 Å². The summed E-state index contributed by atoms with van der Waals surface area (Å²) < 4.78 is 0. The number of imidazole rings is 1. The number of fused-ring (bicyclic) bond motifs is 2. The van der Waals surface area contributed by atoms with Gasteiger partial charge in [0.25, 0.3) is 0 Å². The van der Waals surface area contributed by atoms with Gasteiger partial charge in [-0.25, -0.2) is 4.98 Å². The van der Waals surface area contributed by atoms with Crippen molar-refractivity contribution < 1.29 is 9.90 Å². The number of para-hydroxylation sites is 1. The number of H-pyrrole nitrogens is 2. The van der Waals surface area contributed by atoms with E-state index in [0.717, 1.165) is 34.4 Å². The van der Waals surface area contributed by atoms with E-state index in [1.807, 2.05) is 18.3 Å². The van der Waals surface area contributed by atoms with E-state index in [-0.39, 0.29) is 0 Å². The third kappa shape index (κ3) is 1.84. The van der Waals surface area contributed by atoms with E-state index in [1.165, 1.54) is 5.56 Å². The maximum absolute atomic E-state index is 11.3. The predicted molar refractivity (Wildman–Crippen MR) is 82.7 cm³/mol. The number of carboxylic acids is 1. The molecule has 4 N–H and O–H groups in total. The normalized spacial score (nSPS) is 17.6. The minimum atomic E-state index is -0.895. The molecular weight excluding hydrogens is 280 g/mol. The van der Waals surface area contributed by atoms with Gasteiger partial charge in [0.1, 0.15) is 5.82 Å². The smallest absolute Gasteiger partial charge is 0.327 e. The summed E-state index contributed by atoms with van der Waals surface area (Å²) in [7, 11) is 0. The minimum Gasteiger partial charge on any atom is -0.480 e. The van der Waals surface area contributed by atoms with Gasteiger partial charge in [0, 0.05) is 41.3 Å². The Morgan fingerprint density at radius 3 is 3.09 bits per heavy atom. The zero-order chi connectivity index (χ0) is 15.3. The molecule has 0 radical (unpaired) electrons. The largest absolute Gasteiger partial charge is 0.480 e. The first-order valence-corrected chi connectivity index (χ1v) is 7.27. The molecule has 1 aliphatic heterocycles. The molecule has 6 heteroatoms. The number of hydrogen-bond donors (Lipinski definition) is 4. The van der Waals surface area contributed by atoms with Crippen molar-refractivity contribution in [2.75, 3.05) is 6.54 Å². The number of carbonyl (C=O) groups is 1. The Hall–Kier alpha value is -2.60. The monoisotopic (exact) mass is 296 g/mol. The number of hydrogen-bond acceptors (Lipinski definition) is 3. The second-order valence-electron chi connectivity index (χ2n) is 5.62. The highest BCUT2D eigenvalue weighted by molar-refractivity contribution is 5.95. The van der Waals surface area contributed by atoms with Gasteiger partial charge >= 0.3 is 5.97 Å². The number of aromatic nitrogens is 3. The molecule has 0 amide bonds. The van der Waals surface area contributed by atoms with Crippen molar-refractivity contribution >= 4 is 16.9 Å². The van der Waals surface area contributed by atoms with Gasteiger partial charge in [0.05, 0.1) is 5.69 Å². The van der Waals surface area contributed by atoms with E-state index in [4.69, 9.17) is 0 Å². The molecule has 0 aliphatic carbocycles. The molecule has 0 bridgehead atoms. The molecule has 1 aliphatic rings. The summed E-state index contributed by atoms with van der Waals surface area (Å²) in [6, 6.07) is 5.38. The number of aryl methyl sites for hydroxylation is 1. The summed E-state index contributed by atoms with van der Waals surface area (Å²) in [4.78, 5) is 22.5. The molecule has 3 heterocycles. The Kier molecular flexibility index (Phi) is 2.80. The Morgan fingerprint density at radius 1 is 1.41 bits per heavy atom. The molecule has 112 valence electrons. The highest BCUT2D eigenvalue weighted by Crippen LogP contribution is 2.31. The molecule has 0 saturated carbocycles. The number of rotatable bonds is 2. The number of benzene rings is 1. The predicted octanol–water partition coefficient (Wildman–Crippen LogP) is 2.14. The van der Waals surface area contributed by atoms with Crippen LogP contribution in [-0.2, 0) is 11.2 Å². The van der Waals surface area contributed by atoms with Crippen LogP contribution in [-0.4, -0.2) is 32.6 Å². The number of carboxylic acid groups (broad SMARTS) is 1. The van der Waals surface area contributed by atoms with Crippen molar-refractivity contribution in [3.8, 4) is 11.4 Å². The summed E-state index contributed by atoms with van der Waals surface area (Å²) >= 11 is 0.